The van der Waals surface area contributed by atoms with Crippen molar-refractivity contribution in [3.8, 4) is 0 Å². The zero-order valence-corrected chi connectivity index (χ0v) is 22.8. The van der Waals surface area contributed by atoms with Gasteiger partial charge in [0.15, 0.2) is 0 Å². The van der Waals surface area contributed by atoms with E-state index in [0.717, 1.165) is 60.8 Å². The first kappa shape index (κ1) is 25.4. The van der Waals surface area contributed by atoms with Crippen LogP contribution in [0.1, 0.15) is 90.0 Å². The normalized spacial score (nSPS) is 40.3. The zero-order chi connectivity index (χ0) is 24.6. The molecular weight excluding hydrogens is 455 g/mol. The van der Waals surface area contributed by atoms with Crippen molar-refractivity contribution in [1.29, 1.82) is 0 Å². The molecule has 3 nitrogen and oxygen atoms in total. The molecule has 35 heavy (non-hydrogen) atoms. The van der Waals surface area contributed by atoms with E-state index in [1.54, 1.807) is 0 Å². The van der Waals surface area contributed by atoms with E-state index in [-0.39, 0.29) is 11.4 Å². The minimum Gasteiger partial charge on any atom is -0.337 e. The number of nitrogens with one attached hydrogen (secondary N) is 2. The lowest BCUT2D eigenvalue weighted by molar-refractivity contribution is -0.130. The van der Waals surface area contributed by atoms with Gasteiger partial charge in [0.1, 0.15) is 6.17 Å². The van der Waals surface area contributed by atoms with E-state index in [2.05, 4.69) is 42.9 Å². The Kier molecular flexibility index (Phi) is 7.45. The first-order valence-electron chi connectivity index (χ1n) is 14.2. The van der Waals surface area contributed by atoms with Gasteiger partial charge in [-0.05, 0) is 142 Å². The van der Waals surface area contributed by atoms with Gasteiger partial charge in [-0.2, -0.15) is 0 Å². The monoisotopic (exact) mass is 500 g/mol. The zero-order valence-electron chi connectivity index (χ0n) is 22.0. The van der Waals surface area contributed by atoms with Gasteiger partial charge in [0.25, 0.3) is 0 Å². The number of hydrogen-bond acceptors (Lipinski definition) is 2. The Balaban J connectivity index is 1.10. The van der Waals surface area contributed by atoms with Crippen LogP contribution in [-0.4, -0.2) is 18.7 Å². The maximum Gasteiger partial charge on any atom is 0.325 e. The van der Waals surface area contributed by atoms with E-state index in [1.165, 1.54) is 62.5 Å². The molecule has 5 heteroatoms. The number of carbonyl (C=O) groups is 1. The third kappa shape index (κ3) is 4.88. The summed E-state index contributed by atoms with van der Waals surface area (Å²) in [6.07, 6.45) is 12.6. The lowest BCUT2D eigenvalue weighted by Crippen LogP contribution is -2.54. The molecule has 2 amide bonds. The minimum absolute atomic E-state index is 0.102. The second kappa shape index (κ2) is 10.3. The SMILES string of the molecule is Cc1ccc(SNC(=O)NCCCC2CCC3C4CCC5C(F)CCCC5(C)C4CCC23C)cc1. The Bertz CT molecular complexity index is 893. The number of aryl methyl sites for hydroxylation is 1. The number of benzene rings is 1. The Hall–Kier alpha value is -1.23. The number of fused-ring (bicyclic) bond motifs is 5. The summed E-state index contributed by atoms with van der Waals surface area (Å²) in [6, 6.07) is 8.08. The average molecular weight is 501 g/mol. The molecule has 4 saturated carbocycles. The molecule has 0 aromatic heterocycles. The Morgan fingerprint density at radius 3 is 2.51 bits per heavy atom. The van der Waals surface area contributed by atoms with Crippen molar-refractivity contribution in [2.75, 3.05) is 6.54 Å². The van der Waals surface area contributed by atoms with Gasteiger partial charge in [0.05, 0.1) is 0 Å². The van der Waals surface area contributed by atoms with Crippen LogP contribution in [0, 0.1) is 47.3 Å². The molecule has 8 atom stereocenters. The van der Waals surface area contributed by atoms with Crippen molar-refractivity contribution in [3.63, 3.8) is 0 Å². The van der Waals surface area contributed by atoms with Crippen LogP contribution in [-0.2, 0) is 0 Å². The third-order valence-corrected chi connectivity index (χ3v) is 11.9. The summed E-state index contributed by atoms with van der Waals surface area (Å²) in [5.41, 5.74) is 1.91. The minimum atomic E-state index is -0.556. The molecule has 0 heterocycles. The van der Waals surface area contributed by atoms with Crippen molar-refractivity contribution < 1.29 is 9.18 Å². The molecule has 5 rings (SSSR count). The second-order valence-electron chi connectivity index (χ2n) is 12.7. The van der Waals surface area contributed by atoms with Crippen molar-refractivity contribution >= 4 is 18.0 Å². The van der Waals surface area contributed by atoms with Gasteiger partial charge in [0, 0.05) is 11.4 Å². The molecule has 4 fully saturated rings. The summed E-state index contributed by atoms with van der Waals surface area (Å²) in [4.78, 5) is 13.3. The highest BCUT2D eigenvalue weighted by molar-refractivity contribution is 7.98. The number of carbonyl (C=O) groups excluding carboxylic acids is 1. The van der Waals surface area contributed by atoms with Crippen LogP contribution in [0.15, 0.2) is 29.2 Å². The van der Waals surface area contributed by atoms with Gasteiger partial charge < -0.3 is 5.32 Å². The fourth-order valence-corrected chi connectivity index (χ4v) is 9.77. The lowest BCUT2D eigenvalue weighted by Gasteiger charge is -2.61. The maximum atomic E-state index is 14.9. The quantitative estimate of drug-likeness (QED) is 0.306. The number of amides is 2. The van der Waals surface area contributed by atoms with Crippen LogP contribution < -0.4 is 10.0 Å². The van der Waals surface area contributed by atoms with Crippen LogP contribution >= 0.6 is 11.9 Å². The number of rotatable bonds is 6. The third-order valence-electron chi connectivity index (χ3n) is 11.1. The number of hydrogen-bond donors (Lipinski definition) is 2. The number of halogens is 1. The van der Waals surface area contributed by atoms with Gasteiger partial charge in [-0.25, -0.2) is 9.18 Å². The van der Waals surface area contributed by atoms with E-state index < -0.39 is 6.17 Å². The molecule has 0 spiro atoms. The highest BCUT2D eigenvalue weighted by atomic mass is 32.2. The molecule has 4 aliphatic rings. The van der Waals surface area contributed by atoms with Crippen LogP contribution in [0.3, 0.4) is 0 Å². The fourth-order valence-electron chi connectivity index (χ4n) is 9.21. The van der Waals surface area contributed by atoms with E-state index >= 15 is 0 Å². The summed E-state index contributed by atoms with van der Waals surface area (Å²) >= 11 is 1.37. The molecule has 1 aromatic rings. The molecule has 0 bridgehead atoms. The summed E-state index contributed by atoms with van der Waals surface area (Å²) in [6.45, 7) is 7.84. The highest BCUT2D eigenvalue weighted by Gasteiger charge is 2.60. The first-order chi connectivity index (χ1) is 16.8. The summed E-state index contributed by atoms with van der Waals surface area (Å²) < 4.78 is 17.8. The first-order valence-corrected chi connectivity index (χ1v) is 15.0. The fraction of sp³-hybridized carbons (Fsp3) is 0.767. The molecule has 4 aliphatic carbocycles. The smallest absolute Gasteiger partial charge is 0.325 e. The highest BCUT2D eigenvalue weighted by Crippen LogP contribution is 2.68. The van der Waals surface area contributed by atoms with Gasteiger partial charge in [-0.1, -0.05) is 31.5 Å². The van der Waals surface area contributed by atoms with Crippen LogP contribution in [0.2, 0.25) is 0 Å². The van der Waals surface area contributed by atoms with Gasteiger partial charge in [-0.15, -0.1) is 0 Å². The predicted octanol–water partition coefficient (Wildman–Crippen LogP) is 8.08. The van der Waals surface area contributed by atoms with Crippen molar-refractivity contribution in [2.24, 2.45) is 40.4 Å². The average Bonchev–Trinajstić information content (AvgIpc) is 3.17. The number of alkyl halides is 1. The largest absolute Gasteiger partial charge is 0.337 e. The topological polar surface area (TPSA) is 41.1 Å². The Morgan fingerprint density at radius 2 is 1.71 bits per heavy atom. The van der Waals surface area contributed by atoms with Crippen molar-refractivity contribution in [1.82, 2.24) is 10.0 Å². The van der Waals surface area contributed by atoms with Crippen molar-refractivity contribution in [2.45, 2.75) is 102 Å². The lowest BCUT2D eigenvalue weighted by atomic mass is 9.44. The van der Waals surface area contributed by atoms with Gasteiger partial charge in [0.2, 0.25) is 0 Å². The summed E-state index contributed by atoms with van der Waals surface area (Å²) in [5, 5.41) is 3.05. The molecule has 2 N–H and O–H groups in total. The summed E-state index contributed by atoms with van der Waals surface area (Å²) in [5.74, 6) is 3.47. The molecule has 194 valence electrons. The van der Waals surface area contributed by atoms with Crippen LogP contribution in [0.4, 0.5) is 9.18 Å². The molecule has 0 aliphatic heterocycles. The molecule has 8 unspecified atom stereocenters. The molecular formula is C30H45FN2OS. The van der Waals surface area contributed by atoms with Crippen molar-refractivity contribution in [3.05, 3.63) is 29.8 Å². The number of urea groups is 1. The van der Waals surface area contributed by atoms with E-state index in [4.69, 9.17) is 0 Å². The van der Waals surface area contributed by atoms with Crippen LogP contribution in [0.25, 0.3) is 0 Å². The predicted molar refractivity (Wildman–Crippen MR) is 143 cm³/mol. The van der Waals surface area contributed by atoms with Gasteiger partial charge >= 0.3 is 6.03 Å². The Labute approximate surface area is 216 Å². The Morgan fingerprint density at radius 1 is 0.971 bits per heavy atom. The molecule has 1 aromatic carbocycles. The standard InChI is InChI=1S/C30H45FN2OS/c1-20-8-11-22(12-9-20)35-33-28(34)32-19-5-6-21-10-14-24-23-13-15-26-27(31)7-4-17-30(26,3)25(23)16-18-29(21,24)2/h8-9,11-12,21,23-27H,4-7,10,13-19H2,1-3H3,(H2,32,33,34). The van der Waals surface area contributed by atoms with Gasteiger partial charge in [-0.3, -0.25) is 4.72 Å². The summed E-state index contributed by atoms with van der Waals surface area (Å²) in [7, 11) is 0. The van der Waals surface area contributed by atoms with E-state index in [1.807, 2.05) is 12.1 Å². The second-order valence-corrected chi connectivity index (χ2v) is 13.6. The molecule has 0 saturated heterocycles. The molecule has 0 radical (unpaired) electrons. The van der Waals surface area contributed by atoms with E-state index in [0.29, 0.717) is 11.3 Å². The van der Waals surface area contributed by atoms with Crippen LogP contribution in [0.5, 0.6) is 0 Å². The maximum absolute atomic E-state index is 14.9. The van der Waals surface area contributed by atoms with E-state index in [9.17, 15) is 9.18 Å².